The average molecular weight is 502 g/mol. The molecule has 6 nitrogen and oxygen atoms in total. The molecular formula is C31H39N3O3. The van der Waals surface area contributed by atoms with E-state index in [9.17, 15) is 0 Å². The van der Waals surface area contributed by atoms with Crippen LogP contribution in [0.5, 0.6) is 11.5 Å². The summed E-state index contributed by atoms with van der Waals surface area (Å²) >= 11 is 0. The normalized spacial score (nSPS) is 16.1. The lowest BCUT2D eigenvalue weighted by Crippen LogP contribution is -2.38. The molecule has 0 bridgehead atoms. The highest BCUT2D eigenvalue weighted by Gasteiger charge is 2.15. The van der Waals surface area contributed by atoms with E-state index in [-0.39, 0.29) is 0 Å². The number of anilines is 2. The third kappa shape index (κ3) is 7.18. The van der Waals surface area contributed by atoms with Crippen LogP contribution >= 0.6 is 0 Å². The van der Waals surface area contributed by atoms with E-state index in [1.807, 2.05) is 6.07 Å². The summed E-state index contributed by atoms with van der Waals surface area (Å²) in [5.74, 6) is 1.80. The Morgan fingerprint density at radius 3 is 2.22 bits per heavy atom. The highest BCUT2D eigenvalue weighted by molar-refractivity contribution is 5.53. The molecule has 2 aliphatic heterocycles. The molecule has 2 heterocycles. The Morgan fingerprint density at radius 2 is 1.49 bits per heavy atom. The zero-order valence-electron chi connectivity index (χ0n) is 22.0. The third-order valence-electron chi connectivity index (χ3n) is 7.24. The number of methoxy groups -OCH3 is 1. The molecule has 0 radical (unpaired) electrons. The van der Waals surface area contributed by atoms with Crippen molar-refractivity contribution in [3.05, 3.63) is 83.9 Å². The third-order valence-corrected chi connectivity index (χ3v) is 7.24. The fourth-order valence-corrected chi connectivity index (χ4v) is 5.15. The first-order valence-electron chi connectivity index (χ1n) is 13.5. The van der Waals surface area contributed by atoms with Crippen molar-refractivity contribution in [2.45, 2.75) is 25.9 Å². The topological polar surface area (TPSA) is 37.4 Å². The molecule has 0 spiro atoms. The van der Waals surface area contributed by atoms with E-state index >= 15 is 0 Å². The summed E-state index contributed by atoms with van der Waals surface area (Å²) in [6.07, 6.45) is 2.57. The van der Waals surface area contributed by atoms with Crippen molar-refractivity contribution in [1.82, 2.24) is 4.90 Å². The molecule has 2 aliphatic rings. The molecule has 37 heavy (non-hydrogen) atoms. The Labute approximate surface area is 221 Å². The molecular weight excluding hydrogens is 462 g/mol. The second kappa shape index (κ2) is 12.8. The van der Waals surface area contributed by atoms with Gasteiger partial charge >= 0.3 is 0 Å². The molecule has 0 aliphatic carbocycles. The Morgan fingerprint density at radius 1 is 0.784 bits per heavy atom. The number of morpholine rings is 1. The molecule has 3 aromatic carbocycles. The van der Waals surface area contributed by atoms with Gasteiger partial charge in [-0.25, -0.2) is 0 Å². The van der Waals surface area contributed by atoms with Gasteiger partial charge in [0, 0.05) is 57.2 Å². The van der Waals surface area contributed by atoms with Crippen LogP contribution in [0.3, 0.4) is 0 Å². The predicted octanol–water partition coefficient (Wildman–Crippen LogP) is 5.21. The van der Waals surface area contributed by atoms with E-state index in [1.54, 1.807) is 7.11 Å². The van der Waals surface area contributed by atoms with Crippen LogP contribution in [0.25, 0.3) is 0 Å². The molecule has 2 saturated heterocycles. The van der Waals surface area contributed by atoms with Gasteiger partial charge in [-0.1, -0.05) is 24.3 Å². The highest BCUT2D eigenvalue weighted by Crippen LogP contribution is 2.27. The molecule has 196 valence electrons. The Kier molecular flexibility index (Phi) is 8.82. The van der Waals surface area contributed by atoms with E-state index in [1.165, 1.54) is 35.3 Å². The number of ether oxygens (including phenoxy) is 3. The van der Waals surface area contributed by atoms with E-state index in [2.05, 4.69) is 81.4 Å². The molecule has 6 heteroatoms. The summed E-state index contributed by atoms with van der Waals surface area (Å²) in [6, 6.07) is 25.9. The summed E-state index contributed by atoms with van der Waals surface area (Å²) in [7, 11) is 1.72. The minimum Gasteiger partial charge on any atom is -0.497 e. The predicted molar refractivity (Wildman–Crippen MR) is 150 cm³/mol. The molecule has 3 aromatic rings. The number of rotatable bonds is 11. The first kappa shape index (κ1) is 25.4. The smallest absolute Gasteiger partial charge is 0.119 e. The molecule has 5 rings (SSSR count). The van der Waals surface area contributed by atoms with Gasteiger partial charge in [0.1, 0.15) is 18.1 Å². The fraction of sp³-hybridized carbons (Fsp3) is 0.419. The van der Waals surface area contributed by atoms with E-state index in [4.69, 9.17) is 14.2 Å². The van der Waals surface area contributed by atoms with E-state index in [0.717, 1.165) is 70.5 Å². The zero-order valence-corrected chi connectivity index (χ0v) is 22.0. The van der Waals surface area contributed by atoms with Gasteiger partial charge in [-0.3, -0.25) is 4.90 Å². The van der Waals surface area contributed by atoms with Gasteiger partial charge in [-0.05, 0) is 72.5 Å². The van der Waals surface area contributed by atoms with Crippen LogP contribution in [-0.4, -0.2) is 64.6 Å². The van der Waals surface area contributed by atoms with Crippen molar-refractivity contribution in [2.75, 3.05) is 69.5 Å². The number of nitrogens with zero attached hydrogens (tertiary/aromatic N) is 3. The maximum Gasteiger partial charge on any atom is 0.119 e. The van der Waals surface area contributed by atoms with E-state index in [0.29, 0.717) is 6.61 Å². The average Bonchev–Trinajstić information content (AvgIpc) is 3.49. The number of benzene rings is 3. The Bertz CT molecular complexity index is 1110. The summed E-state index contributed by atoms with van der Waals surface area (Å²) in [6.45, 7) is 9.17. The monoisotopic (exact) mass is 501 g/mol. The van der Waals surface area contributed by atoms with Gasteiger partial charge in [-0.2, -0.15) is 0 Å². The van der Waals surface area contributed by atoms with E-state index < -0.39 is 0 Å². The fourth-order valence-electron chi connectivity index (χ4n) is 5.15. The second-order valence-electron chi connectivity index (χ2n) is 9.87. The number of hydrogen-bond acceptors (Lipinski definition) is 6. The molecule has 0 unspecified atom stereocenters. The lowest BCUT2D eigenvalue weighted by Gasteiger charge is -2.27. The van der Waals surface area contributed by atoms with Gasteiger partial charge in [0.15, 0.2) is 0 Å². The van der Waals surface area contributed by atoms with Crippen molar-refractivity contribution < 1.29 is 14.2 Å². The van der Waals surface area contributed by atoms with Crippen molar-refractivity contribution >= 4 is 11.4 Å². The molecule has 2 fully saturated rings. The van der Waals surface area contributed by atoms with Gasteiger partial charge < -0.3 is 24.0 Å². The van der Waals surface area contributed by atoms with Crippen LogP contribution in [0.2, 0.25) is 0 Å². The minimum absolute atomic E-state index is 0.691. The second-order valence-corrected chi connectivity index (χ2v) is 9.87. The van der Waals surface area contributed by atoms with Crippen molar-refractivity contribution in [3.63, 3.8) is 0 Å². The summed E-state index contributed by atoms with van der Waals surface area (Å²) < 4.78 is 17.0. The van der Waals surface area contributed by atoms with Gasteiger partial charge in [-0.15, -0.1) is 0 Å². The first-order chi connectivity index (χ1) is 18.3. The Balaban J connectivity index is 1.29. The molecule has 0 N–H and O–H groups in total. The van der Waals surface area contributed by atoms with Crippen LogP contribution in [0.15, 0.2) is 72.8 Å². The van der Waals surface area contributed by atoms with Crippen LogP contribution < -0.4 is 19.3 Å². The summed E-state index contributed by atoms with van der Waals surface area (Å²) in [5, 5.41) is 0. The molecule has 0 atom stereocenters. The standard InChI is InChI=1S/C31H39N3O3/c1-35-31-9-5-7-27(23-31)25-34(24-26-6-4-8-29(22-26)33-14-2-3-15-33)28-10-12-30(13-11-28)37-21-18-32-16-19-36-20-17-32/h4-13,22-23H,2-3,14-21,24-25H2,1H3. The van der Waals surface area contributed by atoms with Crippen LogP contribution in [0.4, 0.5) is 11.4 Å². The maximum atomic E-state index is 6.06. The largest absolute Gasteiger partial charge is 0.497 e. The molecule has 0 aromatic heterocycles. The highest BCUT2D eigenvalue weighted by atomic mass is 16.5. The SMILES string of the molecule is COc1cccc(CN(Cc2cccc(N3CCCC3)c2)c2ccc(OCCN3CCOCC3)cc2)c1. The quantitative estimate of drug-likeness (QED) is 0.359. The zero-order chi connectivity index (χ0) is 25.3. The van der Waals surface area contributed by atoms with Gasteiger partial charge in [0.05, 0.1) is 20.3 Å². The van der Waals surface area contributed by atoms with Crippen molar-refractivity contribution in [3.8, 4) is 11.5 Å². The van der Waals surface area contributed by atoms with Crippen LogP contribution in [0, 0.1) is 0 Å². The molecule has 0 amide bonds. The van der Waals surface area contributed by atoms with Crippen LogP contribution in [-0.2, 0) is 17.8 Å². The maximum absolute atomic E-state index is 6.06. The number of hydrogen-bond donors (Lipinski definition) is 0. The summed E-state index contributed by atoms with van der Waals surface area (Å²) in [5.41, 5.74) is 5.05. The lowest BCUT2D eigenvalue weighted by atomic mass is 10.1. The lowest BCUT2D eigenvalue weighted by molar-refractivity contribution is 0.0322. The first-order valence-corrected chi connectivity index (χ1v) is 13.5. The Hall–Kier alpha value is -3.22. The minimum atomic E-state index is 0.691. The molecule has 0 saturated carbocycles. The van der Waals surface area contributed by atoms with Gasteiger partial charge in [0.2, 0.25) is 0 Å². The van der Waals surface area contributed by atoms with Gasteiger partial charge in [0.25, 0.3) is 0 Å². The van der Waals surface area contributed by atoms with Crippen molar-refractivity contribution in [2.24, 2.45) is 0 Å². The van der Waals surface area contributed by atoms with Crippen molar-refractivity contribution in [1.29, 1.82) is 0 Å². The summed E-state index contributed by atoms with van der Waals surface area (Å²) in [4.78, 5) is 7.32. The van der Waals surface area contributed by atoms with Crippen LogP contribution in [0.1, 0.15) is 24.0 Å².